The van der Waals surface area contributed by atoms with Crippen molar-refractivity contribution in [2.24, 2.45) is 0 Å². The normalized spacial score (nSPS) is 14.4. The third-order valence-corrected chi connectivity index (χ3v) is 5.80. The molecule has 0 aliphatic carbocycles. The highest BCUT2D eigenvalue weighted by Gasteiger charge is 2.23. The van der Waals surface area contributed by atoms with E-state index in [0.717, 1.165) is 22.1 Å². The summed E-state index contributed by atoms with van der Waals surface area (Å²) in [5.41, 5.74) is 1.98. The highest BCUT2D eigenvalue weighted by molar-refractivity contribution is 9.10. The lowest BCUT2D eigenvalue weighted by Crippen LogP contribution is -2.51. The first-order valence-electron chi connectivity index (χ1n) is 9.92. The zero-order valence-electron chi connectivity index (χ0n) is 16.9. The topological polar surface area (TPSA) is 61.9 Å². The van der Waals surface area contributed by atoms with Crippen molar-refractivity contribution in [1.29, 1.82) is 0 Å². The van der Waals surface area contributed by atoms with Crippen LogP contribution in [0.1, 0.15) is 12.5 Å². The summed E-state index contributed by atoms with van der Waals surface area (Å²) in [5, 5.41) is 3.45. The molecule has 1 saturated heterocycles. The second-order valence-corrected chi connectivity index (χ2v) is 8.40. The molecule has 1 N–H and O–H groups in total. The van der Waals surface area contributed by atoms with Gasteiger partial charge >= 0.3 is 0 Å². The van der Waals surface area contributed by atoms with Crippen molar-refractivity contribution >= 4 is 45.0 Å². The first-order valence-corrected chi connectivity index (χ1v) is 11.1. The first-order chi connectivity index (χ1) is 14.5. The molecule has 3 rings (SSSR count). The number of aryl methyl sites for hydroxylation is 1. The molecule has 0 spiro atoms. The third kappa shape index (κ3) is 6.20. The van der Waals surface area contributed by atoms with E-state index in [1.807, 2.05) is 30.3 Å². The number of halogens is 2. The lowest BCUT2D eigenvalue weighted by molar-refractivity contribution is -0.135. The number of ether oxygens (including phenoxy) is 1. The van der Waals surface area contributed by atoms with Crippen molar-refractivity contribution in [1.82, 2.24) is 9.80 Å². The SMILES string of the molecule is CCc1ccccc1NC(=O)CN1CCN(C(=O)COc2ccc(Br)cc2Cl)CC1. The summed E-state index contributed by atoms with van der Waals surface area (Å²) in [5.74, 6) is 0.356. The van der Waals surface area contributed by atoms with E-state index in [1.165, 1.54) is 0 Å². The minimum atomic E-state index is -0.0880. The minimum absolute atomic E-state index is 0.0381. The smallest absolute Gasteiger partial charge is 0.260 e. The third-order valence-electron chi connectivity index (χ3n) is 5.01. The van der Waals surface area contributed by atoms with E-state index in [0.29, 0.717) is 43.5 Å². The molecule has 8 heteroatoms. The van der Waals surface area contributed by atoms with Crippen LogP contribution in [0, 0.1) is 0 Å². The number of nitrogens with zero attached hydrogens (tertiary/aromatic N) is 2. The van der Waals surface area contributed by atoms with E-state index >= 15 is 0 Å². The Kier molecular flexibility index (Phi) is 8.13. The minimum Gasteiger partial charge on any atom is -0.482 e. The quantitative estimate of drug-likeness (QED) is 0.636. The Hall–Kier alpha value is -2.09. The fourth-order valence-corrected chi connectivity index (χ4v) is 4.05. The summed E-state index contributed by atoms with van der Waals surface area (Å²) in [7, 11) is 0. The number of rotatable bonds is 7. The monoisotopic (exact) mass is 493 g/mol. The Morgan fingerprint density at radius 2 is 1.87 bits per heavy atom. The van der Waals surface area contributed by atoms with Crippen LogP contribution in [0.5, 0.6) is 5.75 Å². The van der Waals surface area contributed by atoms with E-state index in [9.17, 15) is 9.59 Å². The molecule has 0 radical (unpaired) electrons. The predicted octanol–water partition coefficient (Wildman–Crippen LogP) is 3.83. The number of amides is 2. The Labute approximate surface area is 190 Å². The summed E-state index contributed by atoms with van der Waals surface area (Å²) >= 11 is 9.46. The number of carbonyl (C=O) groups excluding carboxylic acids is 2. The van der Waals surface area contributed by atoms with Gasteiger partial charge in [-0.15, -0.1) is 0 Å². The lowest BCUT2D eigenvalue weighted by Gasteiger charge is -2.34. The van der Waals surface area contributed by atoms with Gasteiger partial charge in [-0.25, -0.2) is 0 Å². The van der Waals surface area contributed by atoms with Gasteiger partial charge in [0.15, 0.2) is 6.61 Å². The van der Waals surface area contributed by atoms with Crippen molar-refractivity contribution in [2.45, 2.75) is 13.3 Å². The number of hydrogen-bond acceptors (Lipinski definition) is 4. The van der Waals surface area contributed by atoms with E-state index in [2.05, 4.69) is 33.1 Å². The molecule has 0 unspecified atom stereocenters. The average molecular weight is 495 g/mol. The molecular weight excluding hydrogens is 470 g/mol. The molecule has 2 aromatic rings. The lowest BCUT2D eigenvalue weighted by atomic mass is 10.1. The molecule has 1 aliphatic rings. The Bertz CT molecular complexity index is 901. The van der Waals surface area contributed by atoms with Crippen LogP contribution >= 0.6 is 27.5 Å². The van der Waals surface area contributed by atoms with Crippen LogP contribution in [0.2, 0.25) is 5.02 Å². The van der Waals surface area contributed by atoms with Crippen molar-refractivity contribution in [3.8, 4) is 5.75 Å². The van der Waals surface area contributed by atoms with Gasteiger partial charge < -0.3 is 15.0 Å². The zero-order chi connectivity index (χ0) is 21.5. The average Bonchev–Trinajstić information content (AvgIpc) is 2.74. The van der Waals surface area contributed by atoms with Crippen molar-refractivity contribution in [3.63, 3.8) is 0 Å². The van der Waals surface area contributed by atoms with Crippen molar-refractivity contribution < 1.29 is 14.3 Å². The predicted molar refractivity (Wildman–Crippen MR) is 122 cm³/mol. The molecule has 0 saturated carbocycles. The molecule has 1 heterocycles. The van der Waals surface area contributed by atoms with Gasteiger partial charge in [0, 0.05) is 36.3 Å². The van der Waals surface area contributed by atoms with Crippen LogP contribution in [-0.4, -0.2) is 60.9 Å². The Morgan fingerprint density at radius 1 is 1.13 bits per heavy atom. The second-order valence-electron chi connectivity index (χ2n) is 7.08. The van der Waals surface area contributed by atoms with E-state index in [1.54, 1.807) is 17.0 Å². The molecule has 1 fully saturated rings. The molecule has 2 amide bonds. The second kappa shape index (κ2) is 10.8. The van der Waals surface area contributed by atoms with E-state index in [-0.39, 0.29) is 18.4 Å². The van der Waals surface area contributed by atoms with E-state index in [4.69, 9.17) is 16.3 Å². The largest absolute Gasteiger partial charge is 0.482 e. The molecule has 160 valence electrons. The maximum absolute atomic E-state index is 12.4. The maximum atomic E-state index is 12.4. The van der Waals surface area contributed by atoms with Gasteiger partial charge in [-0.2, -0.15) is 0 Å². The van der Waals surface area contributed by atoms with Gasteiger partial charge in [-0.1, -0.05) is 52.7 Å². The number of nitrogens with one attached hydrogen (secondary N) is 1. The standard InChI is InChI=1S/C22H25BrClN3O3/c1-2-16-5-3-4-6-19(16)25-21(28)14-26-9-11-27(12-10-26)22(29)15-30-20-8-7-17(23)13-18(20)24/h3-8,13H,2,9-12,14-15H2,1H3,(H,25,28). The molecule has 6 nitrogen and oxygen atoms in total. The summed E-state index contributed by atoms with van der Waals surface area (Å²) in [6, 6.07) is 13.1. The molecule has 30 heavy (non-hydrogen) atoms. The van der Waals surface area contributed by atoms with Crippen molar-refractivity contribution in [2.75, 3.05) is 44.6 Å². The van der Waals surface area contributed by atoms with Crippen LogP contribution < -0.4 is 10.1 Å². The number of hydrogen-bond donors (Lipinski definition) is 1. The summed E-state index contributed by atoms with van der Waals surface area (Å²) in [6.45, 7) is 4.74. The van der Waals surface area contributed by atoms with Gasteiger partial charge in [0.25, 0.3) is 5.91 Å². The van der Waals surface area contributed by atoms with Crippen molar-refractivity contribution in [3.05, 3.63) is 57.5 Å². The fourth-order valence-electron chi connectivity index (χ4n) is 3.32. The Morgan fingerprint density at radius 3 is 2.57 bits per heavy atom. The van der Waals surface area contributed by atoms with Gasteiger partial charge in [-0.3, -0.25) is 14.5 Å². The summed E-state index contributed by atoms with van der Waals surface area (Å²) < 4.78 is 6.42. The van der Waals surface area contributed by atoms with Gasteiger partial charge in [0.05, 0.1) is 11.6 Å². The van der Waals surface area contributed by atoms with Crippen LogP contribution in [0.15, 0.2) is 46.9 Å². The number of benzene rings is 2. The van der Waals surface area contributed by atoms with Crippen LogP contribution in [-0.2, 0) is 16.0 Å². The molecular formula is C22H25BrClN3O3. The summed E-state index contributed by atoms with van der Waals surface area (Å²) in [4.78, 5) is 28.7. The van der Waals surface area contributed by atoms with Crippen LogP contribution in [0.25, 0.3) is 0 Å². The Balaban J connectivity index is 1.42. The van der Waals surface area contributed by atoms with Gasteiger partial charge in [0.2, 0.25) is 5.91 Å². The zero-order valence-corrected chi connectivity index (χ0v) is 19.2. The molecule has 1 aliphatic heterocycles. The first kappa shape index (κ1) is 22.6. The molecule has 0 atom stereocenters. The number of anilines is 1. The fraction of sp³-hybridized carbons (Fsp3) is 0.364. The molecule has 0 aromatic heterocycles. The highest BCUT2D eigenvalue weighted by atomic mass is 79.9. The molecule has 0 bridgehead atoms. The van der Waals surface area contributed by atoms with Crippen LogP contribution in [0.3, 0.4) is 0 Å². The molecule has 2 aromatic carbocycles. The highest BCUT2D eigenvalue weighted by Crippen LogP contribution is 2.27. The number of piperazine rings is 1. The van der Waals surface area contributed by atoms with E-state index < -0.39 is 0 Å². The number of carbonyl (C=O) groups is 2. The van der Waals surface area contributed by atoms with Crippen LogP contribution in [0.4, 0.5) is 5.69 Å². The summed E-state index contributed by atoms with van der Waals surface area (Å²) in [6.07, 6.45) is 0.866. The van der Waals surface area contributed by atoms with Gasteiger partial charge in [-0.05, 0) is 36.2 Å². The van der Waals surface area contributed by atoms with Gasteiger partial charge in [0.1, 0.15) is 5.75 Å². The number of para-hydroxylation sites is 1. The maximum Gasteiger partial charge on any atom is 0.260 e.